The van der Waals surface area contributed by atoms with E-state index in [9.17, 15) is 9.90 Å². The summed E-state index contributed by atoms with van der Waals surface area (Å²) in [5, 5.41) is 22.8. The fourth-order valence-electron chi connectivity index (χ4n) is 1.56. The standard InChI is InChI=1S/C10H10N2O3/c1-12-7-5-3-2-4-6(7)8(11-12)9(13)10(14)15/h2-5,9,13H,1H3,(H,14,15). The zero-order valence-corrected chi connectivity index (χ0v) is 8.08. The van der Waals surface area contributed by atoms with Crippen molar-refractivity contribution in [1.29, 1.82) is 0 Å². The number of aliphatic carboxylic acids is 1. The predicted octanol–water partition coefficient (Wildman–Crippen LogP) is 0.691. The normalized spacial score (nSPS) is 12.9. The summed E-state index contributed by atoms with van der Waals surface area (Å²) in [6, 6.07) is 7.17. The third-order valence-electron chi connectivity index (χ3n) is 2.28. The zero-order chi connectivity index (χ0) is 11.0. The maximum atomic E-state index is 10.7. The molecular formula is C10H10N2O3. The molecule has 0 saturated carbocycles. The van der Waals surface area contributed by atoms with Crippen molar-refractivity contribution < 1.29 is 15.0 Å². The second-order valence-corrected chi connectivity index (χ2v) is 3.27. The van der Waals surface area contributed by atoms with Crippen molar-refractivity contribution in [3.8, 4) is 0 Å². The quantitative estimate of drug-likeness (QED) is 0.758. The highest BCUT2D eigenvalue weighted by atomic mass is 16.4. The van der Waals surface area contributed by atoms with Crippen molar-refractivity contribution in [3.05, 3.63) is 30.0 Å². The summed E-state index contributed by atoms with van der Waals surface area (Å²) < 4.78 is 1.55. The van der Waals surface area contributed by atoms with E-state index in [-0.39, 0.29) is 5.69 Å². The van der Waals surface area contributed by atoms with E-state index in [2.05, 4.69) is 5.10 Å². The van der Waals surface area contributed by atoms with Gasteiger partial charge in [0.1, 0.15) is 5.69 Å². The third kappa shape index (κ3) is 1.46. The molecule has 0 fully saturated rings. The van der Waals surface area contributed by atoms with Gasteiger partial charge in [-0.2, -0.15) is 5.10 Å². The lowest BCUT2D eigenvalue weighted by molar-refractivity contribution is -0.147. The molecule has 1 aromatic carbocycles. The molecule has 5 heteroatoms. The van der Waals surface area contributed by atoms with Gasteiger partial charge in [-0.1, -0.05) is 18.2 Å². The van der Waals surface area contributed by atoms with Gasteiger partial charge in [-0.15, -0.1) is 0 Å². The number of hydrogen-bond acceptors (Lipinski definition) is 3. The number of carboxylic acids is 1. The molecule has 1 unspecified atom stereocenters. The molecule has 0 spiro atoms. The van der Waals surface area contributed by atoms with E-state index in [0.717, 1.165) is 5.52 Å². The van der Waals surface area contributed by atoms with Crippen LogP contribution < -0.4 is 0 Å². The fraction of sp³-hybridized carbons (Fsp3) is 0.200. The first-order chi connectivity index (χ1) is 7.11. The monoisotopic (exact) mass is 206 g/mol. The van der Waals surface area contributed by atoms with Gasteiger partial charge in [-0.05, 0) is 6.07 Å². The van der Waals surface area contributed by atoms with E-state index in [1.165, 1.54) is 0 Å². The smallest absolute Gasteiger partial charge is 0.338 e. The number of nitrogens with zero attached hydrogens (tertiary/aromatic N) is 2. The van der Waals surface area contributed by atoms with Crippen molar-refractivity contribution in [1.82, 2.24) is 9.78 Å². The van der Waals surface area contributed by atoms with Gasteiger partial charge < -0.3 is 10.2 Å². The molecule has 2 aromatic rings. The maximum absolute atomic E-state index is 10.7. The van der Waals surface area contributed by atoms with Gasteiger partial charge in [0.2, 0.25) is 0 Å². The SMILES string of the molecule is Cn1nc(C(O)C(=O)O)c2ccccc21. The van der Waals surface area contributed by atoms with Crippen LogP contribution in [0.4, 0.5) is 0 Å². The Morgan fingerprint density at radius 1 is 1.47 bits per heavy atom. The number of carboxylic acid groups (broad SMARTS) is 1. The molecular weight excluding hydrogens is 196 g/mol. The molecule has 1 heterocycles. The highest BCUT2D eigenvalue weighted by Gasteiger charge is 2.22. The minimum atomic E-state index is -1.57. The Labute approximate surface area is 85.6 Å². The fourth-order valence-corrected chi connectivity index (χ4v) is 1.56. The molecule has 0 amide bonds. The average Bonchev–Trinajstić information content (AvgIpc) is 2.56. The largest absolute Gasteiger partial charge is 0.479 e. The Morgan fingerprint density at radius 2 is 2.13 bits per heavy atom. The zero-order valence-electron chi connectivity index (χ0n) is 8.08. The molecule has 1 atom stereocenters. The number of benzene rings is 1. The van der Waals surface area contributed by atoms with Crippen LogP contribution >= 0.6 is 0 Å². The molecule has 0 saturated heterocycles. The highest BCUT2D eigenvalue weighted by molar-refractivity contribution is 5.87. The second kappa shape index (κ2) is 3.36. The van der Waals surface area contributed by atoms with E-state index < -0.39 is 12.1 Å². The Hall–Kier alpha value is -1.88. The van der Waals surface area contributed by atoms with E-state index in [0.29, 0.717) is 5.39 Å². The molecule has 0 radical (unpaired) electrons. The second-order valence-electron chi connectivity index (χ2n) is 3.27. The van der Waals surface area contributed by atoms with Crippen LogP contribution in [-0.2, 0) is 11.8 Å². The Kier molecular flexibility index (Phi) is 2.17. The Bertz CT molecular complexity index is 518. The molecule has 1 aromatic heterocycles. The lowest BCUT2D eigenvalue weighted by Crippen LogP contribution is -2.11. The predicted molar refractivity (Wildman–Crippen MR) is 53.3 cm³/mol. The average molecular weight is 206 g/mol. The molecule has 0 aliphatic heterocycles. The Balaban J connectivity index is 2.67. The lowest BCUT2D eigenvalue weighted by Gasteiger charge is -2.00. The van der Waals surface area contributed by atoms with Gasteiger partial charge in [-0.25, -0.2) is 4.79 Å². The first-order valence-electron chi connectivity index (χ1n) is 4.44. The minimum absolute atomic E-state index is 0.181. The summed E-state index contributed by atoms with van der Waals surface area (Å²) in [4.78, 5) is 10.7. The molecule has 0 aliphatic rings. The lowest BCUT2D eigenvalue weighted by atomic mass is 10.1. The van der Waals surface area contributed by atoms with Crippen LogP contribution in [0, 0.1) is 0 Å². The summed E-state index contributed by atoms with van der Waals surface area (Å²) in [6.45, 7) is 0. The molecule has 2 rings (SSSR count). The number of aromatic nitrogens is 2. The van der Waals surface area contributed by atoms with Crippen LogP contribution in [0.15, 0.2) is 24.3 Å². The van der Waals surface area contributed by atoms with Gasteiger partial charge in [-0.3, -0.25) is 4.68 Å². The van der Waals surface area contributed by atoms with Crippen LogP contribution in [0.1, 0.15) is 11.8 Å². The van der Waals surface area contributed by atoms with Crippen LogP contribution in [-0.4, -0.2) is 26.0 Å². The van der Waals surface area contributed by atoms with Crippen LogP contribution in [0.25, 0.3) is 10.9 Å². The van der Waals surface area contributed by atoms with Gasteiger partial charge in [0, 0.05) is 12.4 Å². The number of aliphatic hydroxyl groups is 1. The van der Waals surface area contributed by atoms with Gasteiger partial charge in [0.05, 0.1) is 5.52 Å². The molecule has 5 nitrogen and oxygen atoms in total. The van der Waals surface area contributed by atoms with Crippen molar-refractivity contribution in [2.75, 3.05) is 0 Å². The van der Waals surface area contributed by atoms with Crippen LogP contribution in [0.2, 0.25) is 0 Å². The number of carbonyl (C=O) groups is 1. The number of aliphatic hydroxyl groups excluding tert-OH is 1. The van der Waals surface area contributed by atoms with E-state index in [4.69, 9.17) is 5.11 Å². The summed E-state index contributed by atoms with van der Waals surface area (Å²) >= 11 is 0. The Morgan fingerprint density at radius 3 is 2.80 bits per heavy atom. The van der Waals surface area contributed by atoms with Crippen LogP contribution in [0.5, 0.6) is 0 Å². The van der Waals surface area contributed by atoms with Gasteiger partial charge in [0.25, 0.3) is 0 Å². The third-order valence-corrected chi connectivity index (χ3v) is 2.28. The summed E-state index contributed by atoms with van der Waals surface area (Å²) in [5.74, 6) is -1.29. The summed E-state index contributed by atoms with van der Waals surface area (Å²) in [5.41, 5.74) is 0.980. The molecule has 2 N–H and O–H groups in total. The topological polar surface area (TPSA) is 75.3 Å². The van der Waals surface area contributed by atoms with Crippen molar-refractivity contribution in [2.45, 2.75) is 6.10 Å². The van der Waals surface area contributed by atoms with Crippen molar-refractivity contribution in [3.63, 3.8) is 0 Å². The number of para-hydroxylation sites is 1. The number of hydrogen-bond donors (Lipinski definition) is 2. The van der Waals surface area contributed by atoms with Crippen molar-refractivity contribution in [2.24, 2.45) is 7.05 Å². The summed E-state index contributed by atoms with van der Waals surface area (Å²) in [7, 11) is 1.71. The first kappa shape index (κ1) is 9.67. The molecule has 0 aliphatic carbocycles. The van der Waals surface area contributed by atoms with E-state index in [1.807, 2.05) is 12.1 Å². The number of fused-ring (bicyclic) bond motifs is 1. The highest BCUT2D eigenvalue weighted by Crippen LogP contribution is 2.22. The minimum Gasteiger partial charge on any atom is -0.479 e. The maximum Gasteiger partial charge on any atom is 0.338 e. The van der Waals surface area contributed by atoms with E-state index in [1.54, 1.807) is 23.9 Å². The first-order valence-corrected chi connectivity index (χ1v) is 4.44. The van der Waals surface area contributed by atoms with Crippen LogP contribution in [0.3, 0.4) is 0 Å². The number of rotatable bonds is 2. The van der Waals surface area contributed by atoms with Gasteiger partial charge >= 0.3 is 5.97 Å². The van der Waals surface area contributed by atoms with E-state index >= 15 is 0 Å². The molecule has 0 bridgehead atoms. The molecule has 78 valence electrons. The number of aryl methyl sites for hydroxylation is 1. The van der Waals surface area contributed by atoms with Gasteiger partial charge in [0.15, 0.2) is 6.10 Å². The summed E-state index contributed by atoms with van der Waals surface area (Å²) in [6.07, 6.45) is -1.57. The van der Waals surface area contributed by atoms with Crippen molar-refractivity contribution >= 4 is 16.9 Å². The molecule has 15 heavy (non-hydrogen) atoms.